The van der Waals surface area contributed by atoms with Crippen molar-refractivity contribution >= 4 is 15.7 Å². The van der Waals surface area contributed by atoms with Gasteiger partial charge in [0.2, 0.25) is 10.0 Å². The Labute approximate surface area is 152 Å². The number of rotatable bonds is 8. The molecular weight excluding hydrogens is 360 g/mol. The van der Waals surface area contributed by atoms with E-state index in [9.17, 15) is 18.5 Å². The fourth-order valence-corrected chi connectivity index (χ4v) is 3.63. The molecule has 0 aromatic heterocycles. The van der Waals surface area contributed by atoms with E-state index in [1.54, 1.807) is 38.3 Å². The lowest BCUT2D eigenvalue weighted by molar-refractivity contribution is -0.385. The first kappa shape index (κ1) is 19.7. The number of ether oxygens (including phenoxy) is 2. The van der Waals surface area contributed by atoms with Crippen LogP contribution in [0.2, 0.25) is 0 Å². The third kappa shape index (κ3) is 4.50. The number of aryl methyl sites for hydroxylation is 1. The molecule has 0 aliphatic carbocycles. The number of hydrogen-bond acceptors (Lipinski definition) is 6. The molecular formula is C17H20N2O6S. The van der Waals surface area contributed by atoms with Crippen molar-refractivity contribution in [2.75, 3.05) is 27.3 Å². The smallest absolute Gasteiger partial charge is 0.270 e. The molecule has 2 aromatic carbocycles. The van der Waals surface area contributed by atoms with Gasteiger partial charge in [0, 0.05) is 25.7 Å². The summed E-state index contributed by atoms with van der Waals surface area (Å²) in [5, 5.41) is 10.9. The number of nitro groups is 1. The second-order valence-corrected chi connectivity index (χ2v) is 7.57. The number of nitrogens with zero attached hydrogens (tertiary/aromatic N) is 2. The van der Waals surface area contributed by atoms with Gasteiger partial charge in [0.05, 0.1) is 16.9 Å². The van der Waals surface area contributed by atoms with Crippen molar-refractivity contribution in [1.82, 2.24) is 4.31 Å². The molecule has 0 spiro atoms. The molecule has 9 heteroatoms. The lowest BCUT2D eigenvalue weighted by Crippen LogP contribution is -2.31. The molecule has 0 aliphatic rings. The summed E-state index contributed by atoms with van der Waals surface area (Å²) in [5.74, 6) is 1.28. The maximum atomic E-state index is 12.7. The molecule has 0 saturated carbocycles. The fourth-order valence-electron chi connectivity index (χ4n) is 2.23. The van der Waals surface area contributed by atoms with E-state index in [1.165, 1.54) is 19.2 Å². The minimum absolute atomic E-state index is 0.0846. The topological polar surface area (TPSA) is 99.0 Å². The molecule has 0 unspecified atom stereocenters. The minimum atomic E-state index is -3.86. The first-order chi connectivity index (χ1) is 12.3. The normalized spacial score (nSPS) is 11.4. The Kier molecular flexibility index (Phi) is 6.17. The standard InChI is InChI=1S/C17H20N2O6S/c1-13-4-5-14(19(20)21)12-17(13)26(22,23)18(2)10-11-25-16-8-6-15(24-3)7-9-16/h4-9,12H,10-11H2,1-3H3. The second kappa shape index (κ2) is 8.15. The number of benzene rings is 2. The Morgan fingerprint density at radius 2 is 1.73 bits per heavy atom. The zero-order valence-electron chi connectivity index (χ0n) is 14.7. The highest BCUT2D eigenvalue weighted by molar-refractivity contribution is 7.89. The molecule has 140 valence electrons. The number of likely N-dealkylation sites (N-methyl/N-ethyl adjacent to an activating group) is 1. The summed E-state index contributed by atoms with van der Waals surface area (Å²) in [6, 6.07) is 10.7. The highest BCUT2D eigenvalue weighted by atomic mass is 32.2. The number of nitro benzene ring substituents is 1. The molecule has 0 amide bonds. The highest BCUT2D eigenvalue weighted by Crippen LogP contribution is 2.24. The van der Waals surface area contributed by atoms with E-state index in [2.05, 4.69) is 0 Å². The largest absolute Gasteiger partial charge is 0.497 e. The zero-order chi connectivity index (χ0) is 19.3. The van der Waals surface area contributed by atoms with Crippen LogP contribution in [-0.4, -0.2) is 45.0 Å². The Bertz CT molecular complexity index is 881. The first-order valence-corrected chi connectivity index (χ1v) is 9.18. The minimum Gasteiger partial charge on any atom is -0.497 e. The van der Waals surface area contributed by atoms with E-state index in [0.717, 1.165) is 10.4 Å². The Hall–Kier alpha value is -2.65. The van der Waals surface area contributed by atoms with Gasteiger partial charge < -0.3 is 9.47 Å². The summed E-state index contributed by atoms with van der Waals surface area (Å²) in [5.41, 5.74) is 0.176. The van der Waals surface area contributed by atoms with Gasteiger partial charge in [0.1, 0.15) is 18.1 Å². The summed E-state index contributed by atoms with van der Waals surface area (Å²) in [7, 11) is -0.893. The van der Waals surface area contributed by atoms with Crippen LogP contribution >= 0.6 is 0 Å². The van der Waals surface area contributed by atoms with Gasteiger partial charge in [-0.3, -0.25) is 10.1 Å². The molecule has 0 atom stereocenters. The summed E-state index contributed by atoms with van der Waals surface area (Å²) in [4.78, 5) is 10.2. The molecule has 0 saturated heterocycles. The lowest BCUT2D eigenvalue weighted by Gasteiger charge is -2.18. The van der Waals surface area contributed by atoms with Crippen LogP contribution in [0, 0.1) is 17.0 Å². The molecule has 2 aromatic rings. The van der Waals surface area contributed by atoms with Gasteiger partial charge in [0.25, 0.3) is 5.69 Å². The van der Waals surface area contributed by atoms with E-state index < -0.39 is 14.9 Å². The van der Waals surface area contributed by atoms with Crippen molar-refractivity contribution in [2.24, 2.45) is 0 Å². The van der Waals surface area contributed by atoms with Gasteiger partial charge >= 0.3 is 0 Å². The number of methoxy groups -OCH3 is 1. The van der Waals surface area contributed by atoms with E-state index in [0.29, 0.717) is 17.1 Å². The van der Waals surface area contributed by atoms with Crippen LogP contribution in [0.1, 0.15) is 5.56 Å². The van der Waals surface area contributed by atoms with Gasteiger partial charge in [-0.1, -0.05) is 6.07 Å². The van der Waals surface area contributed by atoms with Crippen LogP contribution in [0.4, 0.5) is 5.69 Å². The predicted octanol–water partition coefficient (Wildman–Crippen LogP) is 2.61. The molecule has 0 fully saturated rings. The molecule has 8 nitrogen and oxygen atoms in total. The number of sulfonamides is 1. The van der Waals surface area contributed by atoms with Crippen molar-refractivity contribution in [3.8, 4) is 11.5 Å². The molecule has 0 aliphatic heterocycles. The Morgan fingerprint density at radius 1 is 1.12 bits per heavy atom. The SMILES string of the molecule is COc1ccc(OCCN(C)S(=O)(=O)c2cc([N+](=O)[O-])ccc2C)cc1. The molecule has 0 heterocycles. The predicted molar refractivity (Wildman–Crippen MR) is 96.1 cm³/mol. The maximum absolute atomic E-state index is 12.7. The van der Waals surface area contributed by atoms with E-state index >= 15 is 0 Å². The van der Waals surface area contributed by atoms with Crippen LogP contribution < -0.4 is 9.47 Å². The monoisotopic (exact) mass is 380 g/mol. The summed E-state index contributed by atoms with van der Waals surface area (Å²) in [6.45, 7) is 1.82. The first-order valence-electron chi connectivity index (χ1n) is 7.74. The van der Waals surface area contributed by atoms with Crippen molar-refractivity contribution in [2.45, 2.75) is 11.8 Å². The van der Waals surface area contributed by atoms with Gasteiger partial charge in [-0.05, 0) is 36.8 Å². The van der Waals surface area contributed by atoms with Gasteiger partial charge in [-0.2, -0.15) is 4.31 Å². The fraction of sp³-hybridized carbons (Fsp3) is 0.294. The highest BCUT2D eigenvalue weighted by Gasteiger charge is 2.25. The van der Waals surface area contributed by atoms with E-state index in [1.807, 2.05) is 0 Å². The molecule has 0 N–H and O–H groups in total. The van der Waals surface area contributed by atoms with Crippen molar-refractivity contribution < 1.29 is 22.8 Å². The van der Waals surface area contributed by atoms with Crippen LogP contribution in [0.5, 0.6) is 11.5 Å². The van der Waals surface area contributed by atoms with Crippen molar-refractivity contribution in [3.05, 3.63) is 58.1 Å². The van der Waals surface area contributed by atoms with E-state index in [4.69, 9.17) is 9.47 Å². The van der Waals surface area contributed by atoms with Crippen LogP contribution in [0.3, 0.4) is 0 Å². The van der Waals surface area contributed by atoms with Crippen LogP contribution in [-0.2, 0) is 10.0 Å². The number of non-ortho nitro benzene ring substituents is 1. The average molecular weight is 380 g/mol. The second-order valence-electron chi connectivity index (χ2n) is 5.56. The van der Waals surface area contributed by atoms with Crippen molar-refractivity contribution in [1.29, 1.82) is 0 Å². The molecule has 0 bridgehead atoms. The summed E-state index contributed by atoms with van der Waals surface area (Å²) < 4.78 is 37.1. The average Bonchev–Trinajstić information content (AvgIpc) is 2.62. The summed E-state index contributed by atoms with van der Waals surface area (Å²) >= 11 is 0. The number of hydrogen-bond donors (Lipinski definition) is 0. The zero-order valence-corrected chi connectivity index (χ0v) is 15.5. The molecule has 26 heavy (non-hydrogen) atoms. The van der Waals surface area contributed by atoms with Crippen LogP contribution in [0.25, 0.3) is 0 Å². The molecule has 0 radical (unpaired) electrons. The van der Waals surface area contributed by atoms with E-state index in [-0.39, 0.29) is 23.7 Å². The lowest BCUT2D eigenvalue weighted by atomic mass is 10.2. The Balaban J connectivity index is 2.06. The Morgan fingerprint density at radius 3 is 2.31 bits per heavy atom. The third-order valence-electron chi connectivity index (χ3n) is 3.81. The molecule has 2 rings (SSSR count). The van der Waals surface area contributed by atoms with Crippen molar-refractivity contribution in [3.63, 3.8) is 0 Å². The van der Waals surface area contributed by atoms with Gasteiger partial charge in [-0.25, -0.2) is 8.42 Å². The third-order valence-corrected chi connectivity index (χ3v) is 5.80. The van der Waals surface area contributed by atoms with Crippen LogP contribution in [0.15, 0.2) is 47.4 Å². The van der Waals surface area contributed by atoms with Gasteiger partial charge in [-0.15, -0.1) is 0 Å². The maximum Gasteiger partial charge on any atom is 0.270 e. The van der Waals surface area contributed by atoms with Gasteiger partial charge in [0.15, 0.2) is 0 Å². The quantitative estimate of drug-likeness (QED) is 0.516. The summed E-state index contributed by atoms with van der Waals surface area (Å²) in [6.07, 6.45) is 0.